The molecule has 1 aromatic carbocycles. The van der Waals surface area contributed by atoms with E-state index >= 15 is 0 Å². The Morgan fingerprint density at radius 3 is 2.52 bits per heavy atom. The first kappa shape index (κ1) is 22.4. The number of hydrogen-bond acceptors (Lipinski definition) is 5. The van der Waals surface area contributed by atoms with E-state index in [1.165, 1.54) is 6.92 Å². The standard InChI is InChI=1S/C21H28N4O6/c1-12(26)22-16-9-14(23-20(28)29)7-8-15(16)17-10-18(19(27)24-17)25-21(30)31-11-13-5-3-2-4-6-13/h2-6,14-18,23H,7-11H2,1H3,(H,22,26)(H,24,27)(H,25,30)(H,28,29). The third kappa shape index (κ3) is 6.34. The van der Waals surface area contributed by atoms with Gasteiger partial charge in [0.1, 0.15) is 12.6 Å². The summed E-state index contributed by atoms with van der Waals surface area (Å²) in [4.78, 5) is 47.2. The van der Waals surface area contributed by atoms with E-state index in [1.54, 1.807) is 0 Å². The van der Waals surface area contributed by atoms with Gasteiger partial charge in [0.15, 0.2) is 0 Å². The highest BCUT2D eigenvalue weighted by Crippen LogP contribution is 2.31. The molecule has 0 aromatic heterocycles. The van der Waals surface area contributed by atoms with Crippen LogP contribution in [0.3, 0.4) is 0 Å². The zero-order chi connectivity index (χ0) is 22.4. The molecule has 10 heteroatoms. The van der Waals surface area contributed by atoms with E-state index < -0.39 is 18.2 Å². The highest BCUT2D eigenvalue weighted by atomic mass is 16.5. The summed E-state index contributed by atoms with van der Waals surface area (Å²) < 4.78 is 5.19. The molecule has 1 saturated carbocycles. The topological polar surface area (TPSA) is 146 Å². The average Bonchev–Trinajstić information content (AvgIpc) is 3.06. The number of amides is 4. The van der Waals surface area contributed by atoms with Crippen LogP contribution in [0.1, 0.15) is 38.2 Å². The number of hydrogen-bond donors (Lipinski definition) is 5. The fourth-order valence-electron chi connectivity index (χ4n) is 4.42. The number of alkyl carbamates (subject to hydrolysis) is 1. The first-order chi connectivity index (χ1) is 14.8. The Kier molecular flexibility index (Phi) is 7.32. The summed E-state index contributed by atoms with van der Waals surface area (Å²) in [5.74, 6) is -0.574. The second kappa shape index (κ2) is 10.1. The number of nitrogens with one attached hydrogen (secondary N) is 4. The normalized spacial score (nSPS) is 27.6. The van der Waals surface area contributed by atoms with Crippen molar-refractivity contribution in [1.82, 2.24) is 21.3 Å². The molecule has 1 saturated heterocycles. The number of carbonyl (C=O) groups is 4. The largest absolute Gasteiger partial charge is 0.465 e. The molecule has 31 heavy (non-hydrogen) atoms. The van der Waals surface area contributed by atoms with Crippen LogP contribution in [-0.2, 0) is 20.9 Å². The highest BCUT2D eigenvalue weighted by molar-refractivity contribution is 5.88. The molecule has 0 radical (unpaired) electrons. The van der Waals surface area contributed by atoms with Crippen LogP contribution in [0.25, 0.3) is 0 Å². The smallest absolute Gasteiger partial charge is 0.408 e. The maximum absolute atomic E-state index is 12.4. The van der Waals surface area contributed by atoms with Gasteiger partial charge in [-0.3, -0.25) is 9.59 Å². The quantitative estimate of drug-likeness (QED) is 0.455. The minimum absolute atomic E-state index is 0.0631. The molecule has 2 aliphatic rings. The Balaban J connectivity index is 1.55. The van der Waals surface area contributed by atoms with Crippen LogP contribution < -0.4 is 21.3 Å². The number of benzene rings is 1. The van der Waals surface area contributed by atoms with E-state index in [0.29, 0.717) is 25.7 Å². The molecule has 5 N–H and O–H groups in total. The maximum Gasteiger partial charge on any atom is 0.408 e. The summed E-state index contributed by atoms with van der Waals surface area (Å²) in [6, 6.07) is 7.73. The molecule has 5 unspecified atom stereocenters. The summed E-state index contributed by atoms with van der Waals surface area (Å²) >= 11 is 0. The summed E-state index contributed by atoms with van der Waals surface area (Å²) in [6.07, 6.45) is 0.287. The minimum Gasteiger partial charge on any atom is -0.465 e. The van der Waals surface area contributed by atoms with Gasteiger partial charge in [-0.2, -0.15) is 0 Å². The van der Waals surface area contributed by atoms with Gasteiger partial charge in [0.05, 0.1) is 0 Å². The summed E-state index contributed by atoms with van der Waals surface area (Å²) in [5, 5.41) is 19.9. The molecule has 168 valence electrons. The third-order valence-electron chi connectivity index (χ3n) is 5.78. The predicted octanol–water partition coefficient (Wildman–Crippen LogP) is 1.11. The van der Waals surface area contributed by atoms with Crippen molar-refractivity contribution in [3.63, 3.8) is 0 Å². The molecule has 4 amide bonds. The Labute approximate surface area is 180 Å². The number of carbonyl (C=O) groups excluding carboxylic acids is 3. The van der Waals surface area contributed by atoms with Crippen LogP contribution in [0.2, 0.25) is 0 Å². The molecule has 3 rings (SSSR count). The zero-order valence-electron chi connectivity index (χ0n) is 17.3. The molecular weight excluding hydrogens is 404 g/mol. The van der Waals surface area contributed by atoms with Crippen molar-refractivity contribution < 1.29 is 29.0 Å². The van der Waals surface area contributed by atoms with Gasteiger partial charge in [-0.1, -0.05) is 30.3 Å². The molecule has 0 bridgehead atoms. The second-order valence-electron chi connectivity index (χ2n) is 8.04. The molecule has 5 atom stereocenters. The van der Waals surface area contributed by atoms with Crippen molar-refractivity contribution in [2.24, 2.45) is 5.92 Å². The molecule has 1 aliphatic carbocycles. The Morgan fingerprint density at radius 2 is 1.84 bits per heavy atom. The van der Waals surface area contributed by atoms with E-state index in [0.717, 1.165) is 5.56 Å². The average molecular weight is 432 g/mol. The van der Waals surface area contributed by atoms with Gasteiger partial charge in [0.25, 0.3) is 0 Å². The molecule has 1 heterocycles. The van der Waals surface area contributed by atoms with E-state index in [2.05, 4.69) is 21.3 Å². The van der Waals surface area contributed by atoms with Gasteiger partial charge >= 0.3 is 12.2 Å². The monoisotopic (exact) mass is 432 g/mol. The van der Waals surface area contributed by atoms with E-state index in [-0.39, 0.29) is 42.5 Å². The Morgan fingerprint density at radius 1 is 1.10 bits per heavy atom. The van der Waals surface area contributed by atoms with Crippen LogP contribution in [-0.4, -0.2) is 53.3 Å². The van der Waals surface area contributed by atoms with E-state index in [1.807, 2.05) is 30.3 Å². The van der Waals surface area contributed by atoms with Crippen molar-refractivity contribution in [2.45, 2.75) is 63.4 Å². The van der Waals surface area contributed by atoms with E-state index in [4.69, 9.17) is 9.84 Å². The maximum atomic E-state index is 12.4. The lowest BCUT2D eigenvalue weighted by Crippen LogP contribution is -2.54. The summed E-state index contributed by atoms with van der Waals surface area (Å²) in [7, 11) is 0. The fourth-order valence-corrected chi connectivity index (χ4v) is 4.42. The summed E-state index contributed by atoms with van der Waals surface area (Å²) in [6.45, 7) is 1.52. The third-order valence-corrected chi connectivity index (χ3v) is 5.78. The van der Waals surface area contributed by atoms with Crippen LogP contribution in [0, 0.1) is 5.92 Å². The molecule has 1 aromatic rings. The summed E-state index contributed by atoms with van der Waals surface area (Å²) in [5.41, 5.74) is 0.844. The number of carboxylic acid groups (broad SMARTS) is 1. The Hall–Kier alpha value is -3.30. The predicted molar refractivity (Wildman–Crippen MR) is 110 cm³/mol. The molecule has 2 fully saturated rings. The van der Waals surface area contributed by atoms with Crippen molar-refractivity contribution >= 4 is 24.0 Å². The SMILES string of the molecule is CC(=O)NC1CC(NC(=O)O)CCC1C1CC(NC(=O)OCc2ccccc2)C(=O)N1. The lowest BCUT2D eigenvalue weighted by atomic mass is 9.77. The first-order valence-corrected chi connectivity index (χ1v) is 10.4. The lowest BCUT2D eigenvalue weighted by Gasteiger charge is -2.39. The first-order valence-electron chi connectivity index (χ1n) is 10.4. The van der Waals surface area contributed by atoms with E-state index in [9.17, 15) is 19.2 Å². The molecular formula is C21H28N4O6. The zero-order valence-corrected chi connectivity index (χ0v) is 17.3. The van der Waals surface area contributed by atoms with Gasteiger partial charge in [-0.15, -0.1) is 0 Å². The van der Waals surface area contributed by atoms with Crippen LogP contribution in [0.15, 0.2) is 30.3 Å². The number of ether oxygens (including phenoxy) is 1. The van der Waals surface area contributed by atoms with Gasteiger partial charge in [-0.05, 0) is 37.2 Å². The van der Waals surface area contributed by atoms with Crippen LogP contribution in [0.4, 0.5) is 9.59 Å². The molecule has 1 aliphatic heterocycles. The van der Waals surface area contributed by atoms with Crippen molar-refractivity contribution in [3.8, 4) is 0 Å². The fraction of sp³-hybridized carbons (Fsp3) is 0.524. The van der Waals surface area contributed by atoms with Gasteiger partial charge in [0.2, 0.25) is 11.8 Å². The van der Waals surface area contributed by atoms with Crippen molar-refractivity contribution in [2.75, 3.05) is 0 Å². The second-order valence-corrected chi connectivity index (χ2v) is 8.04. The van der Waals surface area contributed by atoms with Gasteiger partial charge in [0, 0.05) is 25.0 Å². The molecule has 10 nitrogen and oxygen atoms in total. The van der Waals surface area contributed by atoms with Gasteiger partial charge < -0.3 is 31.1 Å². The minimum atomic E-state index is -1.10. The Bertz CT molecular complexity index is 817. The van der Waals surface area contributed by atoms with Crippen molar-refractivity contribution in [1.29, 1.82) is 0 Å². The van der Waals surface area contributed by atoms with Gasteiger partial charge in [-0.25, -0.2) is 9.59 Å². The van der Waals surface area contributed by atoms with Crippen LogP contribution in [0.5, 0.6) is 0 Å². The van der Waals surface area contributed by atoms with Crippen LogP contribution >= 0.6 is 0 Å². The lowest BCUT2D eigenvalue weighted by molar-refractivity contribution is -0.121. The highest BCUT2D eigenvalue weighted by Gasteiger charge is 2.43. The molecule has 0 spiro atoms. The van der Waals surface area contributed by atoms with Crippen molar-refractivity contribution in [3.05, 3.63) is 35.9 Å². The number of rotatable bonds is 6.